The molecule has 2 amide bonds. The van der Waals surface area contributed by atoms with Crippen molar-refractivity contribution in [1.29, 1.82) is 0 Å². The van der Waals surface area contributed by atoms with Crippen LogP contribution in [0.2, 0.25) is 0 Å². The minimum absolute atomic E-state index is 0.276. The molecule has 1 aromatic rings. The molecule has 0 atom stereocenters. The van der Waals surface area contributed by atoms with E-state index in [1.165, 1.54) is 16.7 Å². The van der Waals surface area contributed by atoms with Crippen LogP contribution in [-0.2, 0) is 40.1 Å². The monoisotopic (exact) mass is 767 g/mol. The van der Waals surface area contributed by atoms with Gasteiger partial charge in [0.25, 0.3) is 10.2 Å². The van der Waals surface area contributed by atoms with Gasteiger partial charge in [0.2, 0.25) is 0 Å². The molecule has 4 rings (SSSR count). The van der Waals surface area contributed by atoms with E-state index in [-0.39, 0.29) is 13.1 Å². The van der Waals surface area contributed by atoms with Crippen LogP contribution in [0.25, 0.3) is 0 Å². The summed E-state index contributed by atoms with van der Waals surface area (Å²) in [5.41, 5.74) is -0.643. The Morgan fingerprint density at radius 3 is 1.46 bits per heavy atom. The average molecular weight is 768 g/mol. The van der Waals surface area contributed by atoms with Crippen LogP contribution in [0.15, 0.2) is 61.0 Å². The number of pyridine rings is 1. The first-order chi connectivity index (χ1) is 22.8. The Balaban J connectivity index is 0.000000367. The first kappa shape index (κ1) is 44.4. The Morgan fingerprint density at radius 1 is 0.740 bits per heavy atom. The minimum atomic E-state index is -4.00. The Morgan fingerprint density at radius 2 is 1.14 bits per heavy atom. The molecule has 3 aliphatic heterocycles. The third kappa shape index (κ3) is 18.4. The maximum Gasteiger partial charge on any atom is 0.474 e. The summed E-state index contributed by atoms with van der Waals surface area (Å²) >= 11 is 0. The zero-order chi connectivity index (χ0) is 38.4. The first-order valence-electron chi connectivity index (χ1n) is 15.2. The topological polar surface area (TPSA) is 231 Å². The van der Waals surface area contributed by atoms with Gasteiger partial charge in [-0.1, -0.05) is 40.4 Å². The second-order valence-corrected chi connectivity index (χ2v) is 17.5. The normalized spacial score (nSPS) is 16.2. The highest BCUT2D eigenvalue weighted by atomic mass is 32.2. The predicted molar refractivity (Wildman–Crippen MR) is 189 cm³/mol. The number of nitrogens with two attached hydrogens (primary N) is 1. The third-order valence-corrected chi connectivity index (χ3v) is 9.40. The second-order valence-electron chi connectivity index (χ2n) is 12.8. The van der Waals surface area contributed by atoms with Gasteiger partial charge < -0.3 is 19.7 Å². The van der Waals surface area contributed by atoms with Crippen molar-refractivity contribution in [2.75, 3.05) is 58.3 Å². The Hall–Kier alpha value is -3.60. The zero-order valence-electron chi connectivity index (χ0n) is 29.7. The fourth-order valence-electron chi connectivity index (χ4n) is 3.53. The van der Waals surface area contributed by atoms with Crippen LogP contribution in [0.4, 0.5) is 15.3 Å². The van der Waals surface area contributed by atoms with Crippen LogP contribution in [0.1, 0.15) is 41.5 Å². The second kappa shape index (κ2) is 19.1. The molecule has 0 radical (unpaired) electrons. The summed E-state index contributed by atoms with van der Waals surface area (Å²) in [5, 5.41) is 7.91. The fraction of sp³-hybridized carbons (Fsp3) is 0.552. The number of aromatic nitrogens is 1. The lowest BCUT2D eigenvalue weighted by atomic mass is 10.2. The molecule has 0 fully saturated rings. The van der Waals surface area contributed by atoms with Gasteiger partial charge in [-0.25, -0.2) is 19.5 Å². The van der Waals surface area contributed by atoms with Crippen molar-refractivity contribution < 1.29 is 48.3 Å². The van der Waals surface area contributed by atoms with Crippen molar-refractivity contribution in [3.8, 4) is 0 Å². The molecular weight excluding hydrogens is 717 g/mol. The highest BCUT2D eigenvalue weighted by Gasteiger charge is 2.29. The van der Waals surface area contributed by atoms with Crippen molar-refractivity contribution in [1.82, 2.24) is 23.4 Å². The van der Waals surface area contributed by atoms with Gasteiger partial charge in [-0.15, -0.1) is 8.42 Å². The Labute approximate surface area is 296 Å². The van der Waals surface area contributed by atoms with Crippen LogP contribution in [-0.4, -0.2) is 111 Å². The number of anilines is 1. The van der Waals surface area contributed by atoms with E-state index >= 15 is 0 Å². The fourth-order valence-corrected chi connectivity index (χ4v) is 5.86. The van der Waals surface area contributed by atoms with Gasteiger partial charge in [-0.05, 0) is 41.5 Å². The molecule has 0 unspecified atom stereocenters. The SMILES string of the molecule is C1=CCNC1.CC(C)(C)OC(=O)NS(=O)(=O)N1CC=CC1.CN(C)c1cc[n+](S(=O)(=O)NC(=O)OC(C)(C)C)cc1.NS(=O)(=O)N1CC=CC1. The summed E-state index contributed by atoms with van der Waals surface area (Å²) in [4.78, 5) is 24.6. The van der Waals surface area contributed by atoms with E-state index in [2.05, 4.69) is 17.5 Å². The number of nitrogens with zero attached hydrogens (tertiary/aromatic N) is 4. The smallest absolute Gasteiger partial charge is 0.443 e. The van der Waals surface area contributed by atoms with E-state index in [1.54, 1.807) is 78.0 Å². The zero-order valence-corrected chi connectivity index (χ0v) is 32.1. The summed E-state index contributed by atoms with van der Waals surface area (Å²) in [7, 11) is -7.54. The average Bonchev–Trinajstić information content (AvgIpc) is 3.75. The number of amides is 2. The Bertz CT molecular complexity index is 1660. The van der Waals surface area contributed by atoms with E-state index < -0.39 is 54.0 Å². The number of carbonyl (C=O) groups is 2. The first-order valence-corrected chi connectivity index (χ1v) is 19.6. The molecule has 1 aromatic heterocycles. The molecule has 0 aliphatic carbocycles. The van der Waals surface area contributed by atoms with E-state index in [1.807, 2.05) is 28.4 Å². The molecule has 21 heteroatoms. The van der Waals surface area contributed by atoms with Crippen LogP contribution in [0.5, 0.6) is 0 Å². The number of carbonyl (C=O) groups excluding carboxylic acids is 2. The summed E-state index contributed by atoms with van der Waals surface area (Å²) in [5.74, 6) is 0. The largest absolute Gasteiger partial charge is 0.474 e. The molecule has 50 heavy (non-hydrogen) atoms. The number of nitrogens with one attached hydrogen (secondary N) is 3. The highest BCUT2D eigenvalue weighted by Crippen LogP contribution is 2.10. The maximum absolute atomic E-state index is 11.9. The predicted octanol–water partition coefficient (Wildman–Crippen LogP) is 0.493. The summed E-state index contributed by atoms with van der Waals surface area (Å²) in [6.07, 6.45) is 11.9. The van der Waals surface area contributed by atoms with Gasteiger partial charge in [-0.2, -0.15) is 30.2 Å². The third-order valence-electron chi connectivity index (χ3n) is 5.76. The molecule has 0 bridgehead atoms. The lowest BCUT2D eigenvalue weighted by molar-refractivity contribution is -0.512. The lowest BCUT2D eigenvalue weighted by Crippen LogP contribution is -2.52. The lowest BCUT2D eigenvalue weighted by Gasteiger charge is -2.21. The number of ether oxygens (including phenoxy) is 2. The van der Waals surface area contributed by atoms with Crippen LogP contribution >= 0.6 is 0 Å². The number of hydrogen-bond donors (Lipinski definition) is 4. The van der Waals surface area contributed by atoms with Crippen molar-refractivity contribution in [3.05, 3.63) is 61.0 Å². The van der Waals surface area contributed by atoms with E-state index in [4.69, 9.17) is 14.6 Å². The van der Waals surface area contributed by atoms with Crippen molar-refractivity contribution in [3.63, 3.8) is 0 Å². The van der Waals surface area contributed by atoms with Crippen molar-refractivity contribution in [2.45, 2.75) is 52.7 Å². The molecule has 0 saturated carbocycles. The molecule has 0 aromatic carbocycles. The van der Waals surface area contributed by atoms with E-state index in [9.17, 15) is 34.8 Å². The molecule has 3 aliphatic rings. The van der Waals surface area contributed by atoms with Crippen LogP contribution in [0, 0.1) is 0 Å². The van der Waals surface area contributed by atoms with Crippen molar-refractivity contribution in [2.24, 2.45) is 5.14 Å². The minimum Gasteiger partial charge on any atom is -0.443 e. The van der Waals surface area contributed by atoms with Gasteiger partial charge in [0.1, 0.15) is 11.2 Å². The summed E-state index contributed by atoms with van der Waals surface area (Å²) < 4.78 is 84.8. The van der Waals surface area contributed by atoms with Crippen LogP contribution < -0.4 is 28.8 Å². The summed E-state index contributed by atoms with van der Waals surface area (Å²) in [6.45, 7) is 13.5. The van der Waals surface area contributed by atoms with Gasteiger partial charge >= 0.3 is 32.6 Å². The van der Waals surface area contributed by atoms with E-state index in [0.29, 0.717) is 13.1 Å². The standard InChI is InChI=1S/C12H19N3O4S.C9H16N2O4S.C4H8N2O2S.C4H7N/c1-12(2,3)19-11(16)13-20(17,18)15-8-6-10(7-9-15)14(4)5;1-9(2,3)15-8(12)10-16(13,14)11-6-4-5-7-11;5-9(7,8)6-3-1-2-4-6;1-2-4-5-3-1/h6-9H,1-5H3;4-5H,6-7H2,1-3H3,(H,10,12);1-2H,3-4H2,(H2,5,7,8);1-2,5H,3-4H2/p+1. The molecule has 18 nitrogen and oxygen atoms in total. The molecule has 0 spiro atoms. The van der Waals surface area contributed by atoms with Crippen LogP contribution in [0.3, 0.4) is 0 Å². The van der Waals surface area contributed by atoms with Gasteiger partial charge in [0, 0.05) is 71.2 Å². The van der Waals surface area contributed by atoms with Gasteiger partial charge in [-0.3, -0.25) is 0 Å². The number of rotatable bonds is 6. The molecule has 0 saturated heterocycles. The molecule has 5 N–H and O–H groups in total. The molecular formula is C29H51N8O10S3+. The maximum atomic E-state index is 11.9. The Kier molecular flexibility index (Phi) is 17.0. The van der Waals surface area contributed by atoms with Crippen molar-refractivity contribution >= 4 is 48.5 Å². The van der Waals surface area contributed by atoms with Gasteiger partial charge in [0.05, 0.1) is 0 Å². The number of hydrogen-bond acceptors (Lipinski definition) is 12. The van der Waals surface area contributed by atoms with Gasteiger partial charge in [0.15, 0.2) is 12.4 Å². The molecule has 284 valence electrons. The highest BCUT2D eigenvalue weighted by molar-refractivity contribution is 7.87. The molecule has 4 heterocycles. The quantitative estimate of drug-likeness (QED) is 0.229. The summed E-state index contributed by atoms with van der Waals surface area (Å²) in [6, 6.07) is 3.24. The van der Waals surface area contributed by atoms with E-state index in [0.717, 1.165) is 27.1 Å².